The maximum Gasteiger partial charge on any atom is 0.233 e. The molecule has 0 unspecified atom stereocenters. The first kappa shape index (κ1) is 17.5. The molecule has 2 aromatic rings. The van der Waals surface area contributed by atoms with Gasteiger partial charge in [0.2, 0.25) is 5.91 Å². The number of carbonyl (C=O) groups excluding carboxylic acids is 1. The first-order valence-electron chi connectivity index (χ1n) is 7.88. The molecule has 0 aliphatic carbocycles. The van der Waals surface area contributed by atoms with E-state index in [-0.39, 0.29) is 5.91 Å². The number of aromatic nitrogens is 3. The van der Waals surface area contributed by atoms with Gasteiger partial charge in [-0.05, 0) is 51.8 Å². The Morgan fingerprint density at radius 2 is 1.87 bits per heavy atom. The van der Waals surface area contributed by atoms with Gasteiger partial charge in [-0.2, -0.15) is 0 Å². The van der Waals surface area contributed by atoms with Crippen molar-refractivity contribution in [3.8, 4) is 5.69 Å². The summed E-state index contributed by atoms with van der Waals surface area (Å²) in [5, 5.41) is 9.21. The maximum absolute atomic E-state index is 12.2. The van der Waals surface area contributed by atoms with Gasteiger partial charge in [0, 0.05) is 13.1 Å². The van der Waals surface area contributed by atoms with Crippen molar-refractivity contribution >= 4 is 17.7 Å². The lowest BCUT2D eigenvalue weighted by Crippen LogP contribution is -2.31. The number of carbonyl (C=O) groups is 1. The summed E-state index contributed by atoms with van der Waals surface area (Å²) in [6.07, 6.45) is 0. The predicted octanol–water partition coefficient (Wildman–Crippen LogP) is 3.15. The molecular formula is C17H24N4OS. The molecule has 5 nitrogen and oxygen atoms in total. The molecule has 0 aliphatic heterocycles. The normalized spacial score (nSPS) is 10.8. The van der Waals surface area contributed by atoms with Crippen LogP contribution in [0.15, 0.2) is 23.4 Å². The Bertz CT molecular complexity index is 692. The molecule has 0 bridgehead atoms. The monoisotopic (exact) mass is 332 g/mol. The molecule has 0 fully saturated rings. The molecule has 0 saturated carbocycles. The zero-order valence-corrected chi connectivity index (χ0v) is 15.3. The largest absolute Gasteiger partial charge is 0.343 e. The molecule has 0 N–H and O–H groups in total. The smallest absolute Gasteiger partial charge is 0.233 e. The number of rotatable bonds is 6. The van der Waals surface area contributed by atoms with Gasteiger partial charge in [-0.25, -0.2) is 0 Å². The Morgan fingerprint density at radius 1 is 1.17 bits per heavy atom. The van der Waals surface area contributed by atoms with Gasteiger partial charge in [-0.3, -0.25) is 9.36 Å². The van der Waals surface area contributed by atoms with Crippen LogP contribution in [-0.2, 0) is 4.79 Å². The molecule has 6 heteroatoms. The summed E-state index contributed by atoms with van der Waals surface area (Å²) in [4.78, 5) is 14.0. The third-order valence-electron chi connectivity index (χ3n) is 3.84. The van der Waals surface area contributed by atoms with Gasteiger partial charge < -0.3 is 4.90 Å². The summed E-state index contributed by atoms with van der Waals surface area (Å²) in [7, 11) is 0. The molecule has 0 aliphatic rings. The topological polar surface area (TPSA) is 51.0 Å². The van der Waals surface area contributed by atoms with Gasteiger partial charge in [0.25, 0.3) is 0 Å². The van der Waals surface area contributed by atoms with Crippen molar-refractivity contribution in [3.05, 3.63) is 35.2 Å². The summed E-state index contributed by atoms with van der Waals surface area (Å²) < 4.78 is 2.03. The van der Waals surface area contributed by atoms with Gasteiger partial charge in [-0.15, -0.1) is 10.2 Å². The van der Waals surface area contributed by atoms with Crippen LogP contribution in [0.5, 0.6) is 0 Å². The Balaban J connectivity index is 2.26. The van der Waals surface area contributed by atoms with Crippen LogP contribution in [0, 0.1) is 20.8 Å². The van der Waals surface area contributed by atoms with E-state index < -0.39 is 0 Å². The lowest BCUT2D eigenvalue weighted by molar-refractivity contribution is -0.127. The number of aryl methyl sites for hydroxylation is 3. The van der Waals surface area contributed by atoms with E-state index in [0.29, 0.717) is 5.75 Å². The van der Waals surface area contributed by atoms with Gasteiger partial charge in [0.1, 0.15) is 5.82 Å². The van der Waals surface area contributed by atoms with Crippen LogP contribution in [0.2, 0.25) is 0 Å². The molecule has 0 saturated heterocycles. The predicted molar refractivity (Wildman–Crippen MR) is 94.2 cm³/mol. The fraction of sp³-hybridized carbons (Fsp3) is 0.471. The van der Waals surface area contributed by atoms with E-state index in [0.717, 1.165) is 35.3 Å². The minimum atomic E-state index is 0.133. The van der Waals surface area contributed by atoms with E-state index in [4.69, 9.17) is 0 Å². The molecule has 0 atom stereocenters. The van der Waals surface area contributed by atoms with Crippen LogP contribution in [0.4, 0.5) is 0 Å². The Hall–Kier alpha value is -1.82. The second-order valence-electron chi connectivity index (χ2n) is 5.51. The average Bonchev–Trinajstić information content (AvgIpc) is 2.89. The summed E-state index contributed by atoms with van der Waals surface area (Å²) in [5.41, 5.74) is 3.43. The van der Waals surface area contributed by atoms with E-state index in [1.165, 1.54) is 17.3 Å². The van der Waals surface area contributed by atoms with Gasteiger partial charge >= 0.3 is 0 Å². The summed E-state index contributed by atoms with van der Waals surface area (Å²) >= 11 is 1.44. The molecule has 1 heterocycles. The van der Waals surface area contributed by atoms with Crippen molar-refractivity contribution in [2.24, 2.45) is 0 Å². The molecule has 23 heavy (non-hydrogen) atoms. The lowest BCUT2D eigenvalue weighted by atomic mass is 10.1. The highest BCUT2D eigenvalue weighted by atomic mass is 32.2. The number of hydrogen-bond acceptors (Lipinski definition) is 4. The number of nitrogens with zero attached hydrogens (tertiary/aromatic N) is 4. The SMILES string of the molecule is CCN(CC)C(=O)CSc1nnc(C)n1-c1cc(C)ccc1C. The number of hydrogen-bond donors (Lipinski definition) is 0. The molecule has 0 spiro atoms. The molecular weight excluding hydrogens is 308 g/mol. The maximum atomic E-state index is 12.2. The second kappa shape index (κ2) is 7.64. The van der Waals surface area contributed by atoms with E-state index >= 15 is 0 Å². The van der Waals surface area contributed by atoms with E-state index in [1.54, 1.807) is 0 Å². The molecule has 1 aromatic carbocycles. The van der Waals surface area contributed by atoms with Crippen molar-refractivity contribution in [1.29, 1.82) is 0 Å². The second-order valence-corrected chi connectivity index (χ2v) is 6.45. The molecule has 0 radical (unpaired) electrons. The quantitative estimate of drug-likeness (QED) is 0.763. The van der Waals surface area contributed by atoms with Gasteiger partial charge in [0.15, 0.2) is 5.16 Å². The Labute approximate surface area is 142 Å². The summed E-state index contributed by atoms with van der Waals surface area (Å²) in [6.45, 7) is 11.5. The van der Waals surface area contributed by atoms with Crippen LogP contribution in [0.25, 0.3) is 5.69 Å². The first-order chi connectivity index (χ1) is 11.0. The highest BCUT2D eigenvalue weighted by Crippen LogP contribution is 2.25. The first-order valence-corrected chi connectivity index (χ1v) is 8.86. The van der Waals surface area contributed by atoms with E-state index in [2.05, 4.69) is 42.2 Å². The summed E-state index contributed by atoms with van der Waals surface area (Å²) in [5.74, 6) is 1.34. The highest BCUT2D eigenvalue weighted by molar-refractivity contribution is 7.99. The van der Waals surface area contributed by atoms with Crippen molar-refractivity contribution in [2.45, 2.75) is 39.8 Å². The number of benzene rings is 1. The van der Waals surface area contributed by atoms with Crippen LogP contribution in [0.1, 0.15) is 30.8 Å². The molecule has 1 amide bonds. The Kier molecular flexibility index (Phi) is 5.82. The average molecular weight is 332 g/mol. The van der Waals surface area contributed by atoms with Crippen LogP contribution in [-0.4, -0.2) is 44.4 Å². The minimum absolute atomic E-state index is 0.133. The molecule has 124 valence electrons. The zero-order chi connectivity index (χ0) is 17.0. The lowest BCUT2D eigenvalue weighted by Gasteiger charge is -2.18. The molecule has 1 aromatic heterocycles. The fourth-order valence-electron chi connectivity index (χ4n) is 2.47. The van der Waals surface area contributed by atoms with Crippen molar-refractivity contribution < 1.29 is 4.79 Å². The minimum Gasteiger partial charge on any atom is -0.343 e. The van der Waals surface area contributed by atoms with Gasteiger partial charge in [0.05, 0.1) is 11.4 Å². The Morgan fingerprint density at radius 3 is 2.52 bits per heavy atom. The van der Waals surface area contributed by atoms with E-state index in [1.807, 2.05) is 30.2 Å². The zero-order valence-electron chi connectivity index (χ0n) is 14.5. The number of amides is 1. The van der Waals surface area contributed by atoms with E-state index in [9.17, 15) is 4.79 Å². The van der Waals surface area contributed by atoms with Crippen molar-refractivity contribution in [3.63, 3.8) is 0 Å². The third kappa shape index (κ3) is 3.93. The standard InChI is InChI=1S/C17H24N4OS/c1-6-20(7-2)16(22)11-23-17-19-18-14(5)21(17)15-10-12(3)8-9-13(15)4/h8-10H,6-7,11H2,1-5H3. The van der Waals surface area contributed by atoms with Crippen LogP contribution in [0.3, 0.4) is 0 Å². The third-order valence-corrected chi connectivity index (χ3v) is 4.76. The van der Waals surface area contributed by atoms with Crippen molar-refractivity contribution in [2.75, 3.05) is 18.8 Å². The van der Waals surface area contributed by atoms with Crippen LogP contribution < -0.4 is 0 Å². The summed E-state index contributed by atoms with van der Waals surface area (Å²) in [6, 6.07) is 6.32. The highest BCUT2D eigenvalue weighted by Gasteiger charge is 2.16. The van der Waals surface area contributed by atoms with Gasteiger partial charge in [-0.1, -0.05) is 23.9 Å². The van der Waals surface area contributed by atoms with Crippen molar-refractivity contribution in [1.82, 2.24) is 19.7 Å². The number of thioether (sulfide) groups is 1. The molecule has 2 rings (SSSR count). The van der Waals surface area contributed by atoms with Crippen LogP contribution >= 0.6 is 11.8 Å². The fourth-order valence-corrected chi connectivity index (χ4v) is 3.36.